The standard InChI is InChI=1S/C17H21N5O2/c1-24-11-4-2-10(3-5-11)14-6-15(21-20-14)17(23)22-7-12-13(8-22)16(12)19-9-18/h2-5,12-16,19-21H,6-8H2,1H3/t12-,13+,14?,15?,16?. The normalized spacial score (nSPS) is 33.7. The number of ether oxygens (including phenoxy) is 1. The Morgan fingerprint density at radius 2 is 2.00 bits per heavy atom. The molecular weight excluding hydrogens is 306 g/mol. The van der Waals surface area contributed by atoms with Gasteiger partial charge in [-0.3, -0.25) is 4.79 Å². The smallest absolute Gasteiger partial charge is 0.241 e. The van der Waals surface area contributed by atoms with Crippen LogP contribution in [0, 0.1) is 23.3 Å². The average Bonchev–Trinajstić information content (AvgIpc) is 3.05. The number of methoxy groups -OCH3 is 1. The molecule has 2 aliphatic heterocycles. The number of amides is 1. The highest BCUT2D eigenvalue weighted by atomic mass is 16.5. The SMILES string of the molecule is COc1ccc(C2CC(C(=O)N3C[C@@H]4C(NC#N)[C@@H]4C3)NN2)cc1. The molecule has 1 saturated carbocycles. The molecular formula is C17H21N5O2. The molecule has 3 N–H and O–H groups in total. The molecule has 2 heterocycles. The highest BCUT2D eigenvalue weighted by molar-refractivity contribution is 5.82. The van der Waals surface area contributed by atoms with Gasteiger partial charge in [-0.2, -0.15) is 5.26 Å². The first-order chi connectivity index (χ1) is 11.7. The number of carbonyl (C=O) groups excluding carboxylic acids is 1. The number of benzene rings is 1. The number of carbonyl (C=O) groups is 1. The highest BCUT2D eigenvalue weighted by Crippen LogP contribution is 2.45. The van der Waals surface area contributed by atoms with Gasteiger partial charge in [-0.25, -0.2) is 10.9 Å². The fraction of sp³-hybridized carbons (Fsp3) is 0.529. The molecule has 3 unspecified atom stereocenters. The zero-order valence-corrected chi connectivity index (χ0v) is 13.5. The lowest BCUT2D eigenvalue weighted by molar-refractivity contribution is -0.132. The van der Waals surface area contributed by atoms with E-state index in [2.05, 4.69) is 16.2 Å². The van der Waals surface area contributed by atoms with E-state index in [1.165, 1.54) is 0 Å². The van der Waals surface area contributed by atoms with E-state index in [1.807, 2.05) is 35.4 Å². The molecule has 1 aromatic rings. The molecule has 0 spiro atoms. The lowest BCUT2D eigenvalue weighted by Gasteiger charge is -2.22. The lowest BCUT2D eigenvalue weighted by Crippen LogP contribution is -2.46. The quantitative estimate of drug-likeness (QED) is 0.538. The number of nitrogens with one attached hydrogen (secondary N) is 3. The van der Waals surface area contributed by atoms with Gasteiger partial charge in [-0.05, 0) is 24.1 Å². The van der Waals surface area contributed by atoms with Gasteiger partial charge in [0, 0.05) is 37.0 Å². The third-order valence-electron chi connectivity index (χ3n) is 5.46. The summed E-state index contributed by atoms with van der Waals surface area (Å²) in [5.74, 6) is 1.87. The maximum Gasteiger partial charge on any atom is 0.241 e. The summed E-state index contributed by atoms with van der Waals surface area (Å²) in [6, 6.07) is 8.11. The number of hydrogen-bond acceptors (Lipinski definition) is 6. The summed E-state index contributed by atoms with van der Waals surface area (Å²) in [4.78, 5) is 14.6. The lowest BCUT2D eigenvalue weighted by atomic mass is 10.0. The van der Waals surface area contributed by atoms with Crippen LogP contribution in [0.3, 0.4) is 0 Å². The van der Waals surface area contributed by atoms with Crippen molar-refractivity contribution in [3.8, 4) is 11.9 Å². The van der Waals surface area contributed by atoms with Gasteiger partial charge in [-0.1, -0.05) is 12.1 Å². The van der Waals surface area contributed by atoms with E-state index in [1.54, 1.807) is 7.11 Å². The first kappa shape index (κ1) is 15.2. The van der Waals surface area contributed by atoms with Crippen LogP contribution in [0.15, 0.2) is 24.3 Å². The Balaban J connectivity index is 1.32. The summed E-state index contributed by atoms with van der Waals surface area (Å²) in [6.07, 6.45) is 2.74. The van der Waals surface area contributed by atoms with Gasteiger partial charge in [0.15, 0.2) is 6.19 Å². The fourth-order valence-electron chi connectivity index (χ4n) is 3.99. The van der Waals surface area contributed by atoms with Crippen LogP contribution in [0.2, 0.25) is 0 Å². The van der Waals surface area contributed by atoms with E-state index < -0.39 is 0 Å². The predicted molar refractivity (Wildman–Crippen MR) is 86.5 cm³/mol. The summed E-state index contributed by atoms with van der Waals surface area (Å²) in [5, 5.41) is 11.5. The fourth-order valence-corrected chi connectivity index (χ4v) is 3.99. The van der Waals surface area contributed by atoms with Crippen LogP contribution < -0.4 is 20.9 Å². The molecule has 0 radical (unpaired) electrons. The molecule has 3 aliphatic rings. The molecule has 1 aliphatic carbocycles. The van der Waals surface area contributed by atoms with Crippen molar-refractivity contribution in [1.82, 2.24) is 21.1 Å². The van der Waals surface area contributed by atoms with E-state index in [0.29, 0.717) is 11.8 Å². The van der Waals surface area contributed by atoms with Crippen LogP contribution in [0.5, 0.6) is 5.75 Å². The van der Waals surface area contributed by atoms with E-state index in [9.17, 15) is 4.79 Å². The number of hydrogen-bond donors (Lipinski definition) is 3. The molecule has 1 amide bonds. The monoisotopic (exact) mass is 327 g/mol. The Hall–Kier alpha value is -2.30. The zero-order chi connectivity index (χ0) is 16.7. The average molecular weight is 327 g/mol. The molecule has 5 atom stereocenters. The van der Waals surface area contributed by atoms with Crippen molar-refractivity contribution in [3.63, 3.8) is 0 Å². The molecule has 7 heteroatoms. The van der Waals surface area contributed by atoms with E-state index in [-0.39, 0.29) is 24.0 Å². The Kier molecular flexibility index (Phi) is 3.79. The second-order valence-corrected chi connectivity index (χ2v) is 6.76. The van der Waals surface area contributed by atoms with Crippen molar-refractivity contribution in [2.75, 3.05) is 20.2 Å². The van der Waals surface area contributed by atoms with Gasteiger partial charge in [-0.15, -0.1) is 0 Å². The maximum absolute atomic E-state index is 12.7. The Bertz CT molecular complexity index is 659. The minimum atomic E-state index is -0.197. The van der Waals surface area contributed by atoms with Crippen molar-refractivity contribution in [3.05, 3.63) is 29.8 Å². The number of nitrogens with zero attached hydrogens (tertiary/aromatic N) is 2. The number of nitriles is 1. The van der Waals surface area contributed by atoms with Crippen molar-refractivity contribution in [1.29, 1.82) is 5.26 Å². The number of likely N-dealkylation sites (tertiary alicyclic amines) is 1. The second-order valence-electron chi connectivity index (χ2n) is 6.76. The van der Waals surface area contributed by atoms with Gasteiger partial charge in [0.1, 0.15) is 11.8 Å². The number of hydrazine groups is 1. The zero-order valence-electron chi connectivity index (χ0n) is 13.5. The summed E-state index contributed by atoms with van der Waals surface area (Å²) >= 11 is 0. The summed E-state index contributed by atoms with van der Waals surface area (Å²) in [7, 11) is 1.65. The molecule has 24 heavy (non-hydrogen) atoms. The van der Waals surface area contributed by atoms with Crippen LogP contribution in [0.25, 0.3) is 0 Å². The molecule has 3 fully saturated rings. The molecule has 4 rings (SSSR count). The molecule has 1 aromatic carbocycles. The Morgan fingerprint density at radius 1 is 1.29 bits per heavy atom. The summed E-state index contributed by atoms with van der Waals surface area (Å²) in [6.45, 7) is 1.52. The van der Waals surface area contributed by atoms with Gasteiger partial charge in [0.2, 0.25) is 5.91 Å². The van der Waals surface area contributed by atoms with Gasteiger partial charge < -0.3 is 15.0 Å². The van der Waals surface area contributed by atoms with E-state index >= 15 is 0 Å². The van der Waals surface area contributed by atoms with Gasteiger partial charge in [0.25, 0.3) is 0 Å². The summed E-state index contributed by atoms with van der Waals surface area (Å²) in [5.41, 5.74) is 7.50. The molecule has 0 aromatic heterocycles. The highest BCUT2D eigenvalue weighted by Gasteiger charge is 2.57. The Morgan fingerprint density at radius 3 is 2.62 bits per heavy atom. The van der Waals surface area contributed by atoms with Crippen LogP contribution in [-0.2, 0) is 4.79 Å². The maximum atomic E-state index is 12.7. The van der Waals surface area contributed by atoms with Crippen LogP contribution in [0.4, 0.5) is 0 Å². The first-order valence-electron chi connectivity index (χ1n) is 8.29. The number of rotatable bonds is 4. The third-order valence-corrected chi connectivity index (χ3v) is 5.46. The topological polar surface area (TPSA) is 89.4 Å². The molecule has 7 nitrogen and oxygen atoms in total. The minimum Gasteiger partial charge on any atom is -0.497 e. The molecule has 126 valence electrons. The first-order valence-corrected chi connectivity index (χ1v) is 8.29. The number of piperidine rings is 1. The van der Waals surface area contributed by atoms with Gasteiger partial charge >= 0.3 is 0 Å². The van der Waals surface area contributed by atoms with Crippen molar-refractivity contribution in [2.24, 2.45) is 11.8 Å². The van der Waals surface area contributed by atoms with Crippen LogP contribution in [-0.4, -0.2) is 43.1 Å². The van der Waals surface area contributed by atoms with E-state index in [4.69, 9.17) is 10.00 Å². The van der Waals surface area contributed by atoms with Crippen LogP contribution >= 0.6 is 0 Å². The summed E-state index contributed by atoms with van der Waals surface area (Å²) < 4.78 is 5.18. The van der Waals surface area contributed by atoms with Crippen molar-refractivity contribution >= 4 is 5.91 Å². The van der Waals surface area contributed by atoms with E-state index in [0.717, 1.165) is 30.8 Å². The van der Waals surface area contributed by atoms with Gasteiger partial charge in [0.05, 0.1) is 7.11 Å². The largest absolute Gasteiger partial charge is 0.497 e. The minimum absolute atomic E-state index is 0.120. The van der Waals surface area contributed by atoms with Crippen LogP contribution in [0.1, 0.15) is 18.0 Å². The third kappa shape index (κ3) is 2.58. The number of fused-ring (bicyclic) bond motifs is 1. The van der Waals surface area contributed by atoms with Crippen molar-refractivity contribution < 1.29 is 9.53 Å². The van der Waals surface area contributed by atoms with Crippen molar-refractivity contribution in [2.45, 2.75) is 24.5 Å². The molecule has 0 bridgehead atoms. The second kappa shape index (κ2) is 5.96. The predicted octanol–water partition coefficient (Wildman–Crippen LogP) is 0.130. The molecule has 2 saturated heterocycles. The Labute approximate surface area is 140 Å².